The third kappa shape index (κ3) is 11.7. The summed E-state index contributed by atoms with van der Waals surface area (Å²) in [6.07, 6.45) is 17.1. The summed E-state index contributed by atoms with van der Waals surface area (Å²) in [4.78, 5) is 18.8. The van der Waals surface area contributed by atoms with Crippen LogP contribution in [0.1, 0.15) is 127 Å². The van der Waals surface area contributed by atoms with E-state index in [9.17, 15) is 30.2 Å². The Hall–Kier alpha value is -3.70. The summed E-state index contributed by atoms with van der Waals surface area (Å²) in [5.41, 5.74) is 2.89. The number of hydrogen-bond acceptors (Lipinski definition) is 14. The van der Waals surface area contributed by atoms with Crippen molar-refractivity contribution in [1.29, 1.82) is 10.5 Å². The van der Waals surface area contributed by atoms with Gasteiger partial charge in [0.2, 0.25) is 11.5 Å². The first-order chi connectivity index (χ1) is 27.6. The highest BCUT2D eigenvalue weighted by Gasteiger charge is 2.76. The molecule has 1 saturated carbocycles. The van der Waals surface area contributed by atoms with Gasteiger partial charge in [0.25, 0.3) is 0 Å². The predicted molar refractivity (Wildman–Crippen MR) is 210 cm³/mol. The summed E-state index contributed by atoms with van der Waals surface area (Å²) in [6, 6.07) is 9.95. The van der Waals surface area contributed by atoms with E-state index in [1.807, 2.05) is 12.1 Å². The number of nitrogen functional groups attached to an aromatic ring is 1. The molecular formula is C40H58N7O9P. The molecular weight excluding hydrogens is 753 g/mol. The van der Waals surface area contributed by atoms with Gasteiger partial charge in [0.15, 0.2) is 5.82 Å². The van der Waals surface area contributed by atoms with Gasteiger partial charge in [-0.05, 0) is 24.6 Å². The molecule has 1 spiro atoms. The van der Waals surface area contributed by atoms with Crippen molar-refractivity contribution in [3.05, 3.63) is 48.0 Å². The van der Waals surface area contributed by atoms with E-state index in [4.69, 9.17) is 29.0 Å². The van der Waals surface area contributed by atoms with Crippen LogP contribution in [-0.4, -0.2) is 84.5 Å². The topological polar surface area (TPSA) is 241 Å². The van der Waals surface area contributed by atoms with Crippen molar-refractivity contribution in [2.24, 2.45) is 0 Å². The minimum absolute atomic E-state index is 0.00259. The fraction of sp³-hybridized carbons (Fsp3) is 0.675. The number of unbranched alkanes of at least 4 members (excludes halogenated alkanes) is 15. The molecule has 1 saturated heterocycles. The van der Waals surface area contributed by atoms with Gasteiger partial charge in [-0.1, -0.05) is 103 Å². The van der Waals surface area contributed by atoms with E-state index >= 15 is 0 Å². The lowest BCUT2D eigenvalue weighted by Crippen LogP contribution is -2.41. The van der Waals surface area contributed by atoms with Gasteiger partial charge in [-0.3, -0.25) is 9.05 Å². The molecule has 16 nitrogen and oxygen atoms in total. The predicted octanol–water partition coefficient (Wildman–Crippen LogP) is 6.42. The van der Waals surface area contributed by atoms with Crippen molar-refractivity contribution < 1.29 is 42.9 Å². The van der Waals surface area contributed by atoms with Gasteiger partial charge in [0.1, 0.15) is 47.9 Å². The molecule has 1 aliphatic heterocycles. The van der Waals surface area contributed by atoms with E-state index in [1.165, 1.54) is 119 Å². The third-order valence-corrected chi connectivity index (χ3v) is 11.8. The fourth-order valence-corrected chi connectivity index (χ4v) is 8.43. The molecule has 0 amide bonds. The van der Waals surface area contributed by atoms with Crippen molar-refractivity contribution in [2.75, 3.05) is 25.6 Å². The van der Waals surface area contributed by atoms with E-state index in [1.54, 1.807) is 6.07 Å². The summed E-state index contributed by atoms with van der Waals surface area (Å²) in [7, 11) is -4.83. The summed E-state index contributed by atoms with van der Waals surface area (Å²) in [5, 5.41) is 45.9. The molecule has 1 unspecified atom stereocenters. The fourth-order valence-electron chi connectivity index (χ4n) is 7.44. The number of aliphatic hydroxyl groups excluding tert-OH is 2. The molecule has 2 aliphatic rings. The lowest BCUT2D eigenvalue weighted by Gasteiger charge is -2.24. The molecule has 3 aromatic heterocycles. The van der Waals surface area contributed by atoms with Gasteiger partial charge in [-0.25, -0.2) is 19.0 Å². The van der Waals surface area contributed by atoms with Gasteiger partial charge in [-0.2, -0.15) is 15.6 Å². The van der Waals surface area contributed by atoms with Crippen molar-refractivity contribution in [3.63, 3.8) is 0 Å². The molecule has 5 rings (SSSR count). The maximum absolute atomic E-state index is 13.2. The SMILES string of the molecule is CCCCCCCCCCCCCCCCCCOC[C@H](COP(=O)(O)O[C@@H]1C[C@@]12O[C@@](C#N)(c1ccc3c(N)ncnn13)[C@H](O)[C@@H]2O)Oc1cc(C#N)ccn1. The summed E-state index contributed by atoms with van der Waals surface area (Å²) in [5.74, 6) is 0.234. The Balaban J connectivity index is 1.05. The molecule has 1 aliphatic carbocycles. The number of aromatic nitrogens is 4. The second-order valence-electron chi connectivity index (χ2n) is 15.1. The number of nitrogens with two attached hydrogens (primary N) is 1. The van der Waals surface area contributed by atoms with E-state index in [0.29, 0.717) is 17.7 Å². The average molecular weight is 812 g/mol. The van der Waals surface area contributed by atoms with Gasteiger partial charge in [0.05, 0.1) is 30.5 Å². The summed E-state index contributed by atoms with van der Waals surface area (Å²) >= 11 is 0. The first kappa shape index (κ1) is 44.4. The molecule has 7 atom stereocenters. The van der Waals surface area contributed by atoms with Gasteiger partial charge < -0.3 is 35.1 Å². The molecule has 0 aromatic carbocycles. The van der Waals surface area contributed by atoms with Crippen LogP contribution in [0.3, 0.4) is 0 Å². The Morgan fingerprint density at radius 3 is 2.23 bits per heavy atom. The van der Waals surface area contributed by atoms with Crippen LogP contribution < -0.4 is 10.5 Å². The molecule has 4 heterocycles. The number of pyridine rings is 1. The van der Waals surface area contributed by atoms with Crippen LogP contribution in [0.2, 0.25) is 0 Å². The van der Waals surface area contributed by atoms with Crippen LogP contribution in [0, 0.1) is 22.7 Å². The first-order valence-corrected chi connectivity index (χ1v) is 21.9. The number of phosphoric ester groups is 1. The van der Waals surface area contributed by atoms with Crippen LogP contribution in [-0.2, 0) is 28.7 Å². The number of anilines is 1. The number of fused-ring (bicyclic) bond motifs is 1. The highest BCUT2D eigenvalue weighted by molar-refractivity contribution is 7.47. The van der Waals surface area contributed by atoms with Crippen LogP contribution in [0.25, 0.3) is 5.52 Å². The molecule has 17 heteroatoms. The van der Waals surface area contributed by atoms with Crippen LogP contribution in [0.15, 0.2) is 36.8 Å². The minimum Gasteiger partial charge on any atom is -0.469 e. The van der Waals surface area contributed by atoms with Crippen LogP contribution in [0.5, 0.6) is 5.88 Å². The van der Waals surface area contributed by atoms with Crippen LogP contribution in [0.4, 0.5) is 5.82 Å². The van der Waals surface area contributed by atoms with E-state index in [-0.39, 0.29) is 30.4 Å². The molecule has 312 valence electrons. The monoisotopic (exact) mass is 811 g/mol. The Kier molecular flexibility index (Phi) is 16.6. The lowest BCUT2D eigenvalue weighted by atomic mass is 9.92. The molecule has 5 N–H and O–H groups in total. The molecule has 2 fully saturated rings. The Morgan fingerprint density at radius 2 is 1.60 bits per heavy atom. The van der Waals surface area contributed by atoms with Gasteiger partial charge in [-0.15, -0.1) is 0 Å². The quantitative estimate of drug-likeness (QED) is 0.0480. The Bertz CT molecular complexity index is 1850. The van der Waals surface area contributed by atoms with E-state index in [0.717, 1.165) is 19.3 Å². The average Bonchev–Trinajstić information content (AvgIpc) is 3.58. The van der Waals surface area contributed by atoms with E-state index < -0.39 is 50.0 Å². The highest BCUT2D eigenvalue weighted by Crippen LogP contribution is 2.62. The summed E-state index contributed by atoms with van der Waals surface area (Å²) < 4.78 is 43.1. The normalized spacial score (nSPS) is 24.3. The van der Waals surface area contributed by atoms with E-state index in [2.05, 4.69) is 22.0 Å². The largest absolute Gasteiger partial charge is 0.472 e. The van der Waals surface area contributed by atoms with Crippen molar-refractivity contribution in [2.45, 2.75) is 152 Å². The number of aliphatic hydroxyl groups is 2. The molecule has 3 aromatic rings. The highest BCUT2D eigenvalue weighted by atomic mass is 31.2. The second-order valence-corrected chi connectivity index (χ2v) is 16.5. The number of phosphoric acid groups is 1. The van der Waals surface area contributed by atoms with Crippen molar-refractivity contribution in [1.82, 2.24) is 19.6 Å². The minimum atomic E-state index is -4.83. The van der Waals surface area contributed by atoms with Crippen LogP contribution >= 0.6 is 7.82 Å². The third-order valence-electron chi connectivity index (χ3n) is 10.8. The number of ether oxygens (including phenoxy) is 3. The first-order valence-electron chi connectivity index (χ1n) is 20.4. The maximum atomic E-state index is 13.2. The number of rotatable bonds is 27. The van der Waals surface area contributed by atoms with Gasteiger partial charge in [0, 0.05) is 25.3 Å². The lowest BCUT2D eigenvalue weighted by molar-refractivity contribution is -0.0761. The molecule has 0 bridgehead atoms. The zero-order valence-corrected chi connectivity index (χ0v) is 33.8. The van der Waals surface area contributed by atoms with Crippen molar-refractivity contribution >= 4 is 19.2 Å². The maximum Gasteiger partial charge on any atom is 0.472 e. The zero-order valence-electron chi connectivity index (χ0n) is 32.9. The summed E-state index contributed by atoms with van der Waals surface area (Å²) in [6.45, 7) is 2.26. The standard InChI is InChI=1S/C40H58N7O9P/c1-2-3-4-5-6-7-8-9-10-11-12-13-14-15-16-17-22-52-26-31(54-35-23-30(25-41)20-21-44-35)27-53-57(50,51)55-34-24-39(34)36(48)37(49)40(28-42,56-39)33-19-18-32-38(43)45-29-46-47(32)33/h18-21,23,29,31,34,36-37,48-49H,2-17,22,24,26-27H2,1H3,(H,50,51)(H2,43,45,46)/t31-,34-,36+,37-,39-,40+/m1/s1. The number of nitrogens with zero attached hydrogens (tertiary/aromatic N) is 6. The number of nitriles is 2. The number of hydrogen-bond donors (Lipinski definition) is 4. The Morgan fingerprint density at radius 1 is 0.947 bits per heavy atom. The van der Waals surface area contributed by atoms with Crippen molar-refractivity contribution in [3.8, 4) is 18.0 Å². The zero-order chi connectivity index (χ0) is 40.7. The molecule has 0 radical (unpaired) electrons. The second kappa shape index (κ2) is 21.3. The smallest absolute Gasteiger partial charge is 0.469 e. The molecule has 57 heavy (non-hydrogen) atoms. The van der Waals surface area contributed by atoms with Gasteiger partial charge >= 0.3 is 7.82 Å². The Labute approximate surface area is 334 Å².